The molecule has 0 unspecified atom stereocenters. The SMILES string of the molecule is CCC.CNCc1ccc(C2=CSNN2)cc1.[HH]. The van der Waals surface area contributed by atoms with Crippen molar-refractivity contribution in [3.05, 3.63) is 40.8 Å². The zero-order valence-electron chi connectivity index (χ0n) is 10.7. The quantitative estimate of drug-likeness (QED) is 0.723. The third-order valence-corrected chi connectivity index (χ3v) is 2.64. The van der Waals surface area contributed by atoms with E-state index in [4.69, 9.17) is 0 Å². The Balaban J connectivity index is 0.000000660. The molecule has 3 N–H and O–H groups in total. The fraction of sp³-hybridized carbons (Fsp3) is 0.385. The van der Waals surface area contributed by atoms with Crippen molar-refractivity contribution < 1.29 is 1.43 Å². The van der Waals surface area contributed by atoms with E-state index in [1.165, 1.54) is 17.5 Å². The molecule has 0 atom stereocenters. The van der Waals surface area contributed by atoms with Crippen LogP contribution in [0.2, 0.25) is 0 Å². The minimum absolute atomic E-state index is 0. The molecule has 1 aliphatic heterocycles. The maximum Gasteiger partial charge on any atom is 0.0645 e. The molecule has 4 heteroatoms. The minimum Gasteiger partial charge on any atom is -0.316 e. The van der Waals surface area contributed by atoms with Crippen LogP contribution in [0.4, 0.5) is 0 Å². The predicted octanol–water partition coefficient (Wildman–Crippen LogP) is 3.12. The van der Waals surface area contributed by atoms with E-state index in [0.29, 0.717) is 0 Å². The van der Waals surface area contributed by atoms with Gasteiger partial charge in [0.2, 0.25) is 0 Å². The van der Waals surface area contributed by atoms with E-state index in [-0.39, 0.29) is 1.43 Å². The summed E-state index contributed by atoms with van der Waals surface area (Å²) in [7, 11) is 1.95. The molecule has 1 aliphatic rings. The van der Waals surface area contributed by atoms with Crippen molar-refractivity contribution in [2.24, 2.45) is 0 Å². The lowest BCUT2D eigenvalue weighted by molar-refractivity contribution is 0.817. The molecule has 0 saturated carbocycles. The van der Waals surface area contributed by atoms with Gasteiger partial charge < -0.3 is 10.7 Å². The smallest absolute Gasteiger partial charge is 0.0645 e. The molecule has 17 heavy (non-hydrogen) atoms. The molecular formula is C13H23N3S. The molecule has 0 aromatic heterocycles. The normalized spacial score (nSPS) is 13.5. The molecule has 96 valence electrons. The zero-order chi connectivity index (χ0) is 12.5. The Morgan fingerprint density at radius 2 is 1.88 bits per heavy atom. The van der Waals surface area contributed by atoms with E-state index in [9.17, 15) is 0 Å². The van der Waals surface area contributed by atoms with Gasteiger partial charge in [0, 0.05) is 13.4 Å². The van der Waals surface area contributed by atoms with Crippen molar-refractivity contribution in [3.8, 4) is 0 Å². The van der Waals surface area contributed by atoms with Gasteiger partial charge in [0.05, 0.1) is 5.70 Å². The van der Waals surface area contributed by atoms with Crippen LogP contribution in [-0.4, -0.2) is 7.05 Å². The molecule has 1 heterocycles. The highest BCUT2D eigenvalue weighted by molar-refractivity contribution is 8.00. The van der Waals surface area contributed by atoms with Gasteiger partial charge in [0.1, 0.15) is 0 Å². The lowest BCUT2D eigenvalue weighted by Crippen LogP contribution is -2.17. The van der Waals surface area contributed by atoms with E-state index in [2.05, 4.69) is 59.1 Å². The molecule has 0 radical (unpaired) electrons. The van der Waals surface area contributed by atoms with Gasteiger partial charge >= 0.3 is 0 Å². The summed E-state index contributed by atoms with van der Waals surface area (Å²) in [6, 6.07) is 8.52. The molecule has 0 fully saturated rings. The van der Waals surface area contributed by atoms with Gasteiger partial charge in [-0.2, -0.15) is 4.83 Å². The largest absolute Gasteiger partial charge is 0.316 e. The summed E-state index contributed by atoms with van der Waals surface area (Å²) in [5, 5.41) is 5.19. The van der Waals surface area contributed by atoms with E-state index in [0.717, 1.165) is 12.2 Å². The second kappa shape index (κ2) is 8.17. The number of hydrogen-bond acceptors (Lipinski definition) is 4. The zero-order valence-corrected chi connectivity index (χ0v) is 11.5. The number of hydrazine groups is 1. The highest BCUT2D eigenvalue weighted by atomic mass is 32.2. The van der Waals surface area contributed by atoms with Gasteiger partial charge in [-0.05, 0) is 30.1 Å². The minimum atomic E-state index is 0. The van der Waals surface area contributed by atoms with Crippen LogP contribution in [0, 0.1) is 0 Å². The number of nitrogens with one attached hydrogen (secondary N) is 3. The maximum atomic E-state index is 3.13. The maximum absolute atomic E-state index is 3.13. The Kier molecular flexibility index (Phi) is 6.77. The van der Waals surface area contributed by atoms with E-state index < -0.39 is 0 Å². The Morgan fingerprint density at radius 3 is 2.35 bits per heavy atom. The van der Waals surface area contributed by atoms with Crippen LogP contribution in [0.3, 0.4) is 0 Å². The topological polar surface area (TPSA) is 36.1 Å². The lowest BCUT2D eigenvalue weighted by atomic mass is 10.1. The molecule has 0 aliphatic carbocycles. The molecule has 0 bridgehead atoms. The first-order valence-electron chi connectivity index (χ1n) is 5.92. The van der Waals surface area contributed by atoms with Gasteiger partial charge in [-0.1, -0.05) is 44.5 Å². The van der Waals surface area contributed by atoms with Crippen molar-refractivity contribution in [2.45, 2.75) is 26.8 Å². The van der Waals surface area contributed by atoms with Gasteiger partial charge in [0.15, 0.2) is 0 Å². The molecule has 0 spiro atoms. The third-order valence-electron chi connectivity index (χ3n) is 2.07. The summed E-state index contributed by atoms with van der Waals surface area (Å²) in [5.41, 5.74) is 6.73. The van der Waals surface area contributed by atoms with Crippen LogP contribution in [0.1, 0.15) is 32.8 Å². The summed E-state index contributed by atoms with van der Waals surface area (Å²) in [5.74, 6) is 0. The first kappa shape index (κ1) is 14.1. The van der Waals surface area contributed by atoms with E-state index >= 15 is 0 Å². The first-order valence-corrected chi connectivity index (χ1v) is 6.80. The van der Waals surface area contributed by atoms with Crippen molar-refractivity contribution >= 4 is 17.6 Å². The summed E-state index contributed by atoms with van der Waals surface area (Å²) in [6.07, 6.45) is 1.25. The average Bonchev–Trinajstić information content (AvgIpc) is 2.85. The first-order chi connectivity index (χ1) is 8.31. The molecule has 1 aromatic carbocycles. The lowest BCUT2D eigenvalue weighted by Gasteiger charge is -2.05. The van der Waals surface area contributed by atoms with Gasteiger partial charge in [0.25, 0.3) is 0 Å². The Bertz CT molecular complexity index is 352. The standard InChI is InChI=1S/C10H13N3S.C3H8.H2/c1-11-6-8-2-4-9(5-3-8)10-7-14-13-12-10;1-3-2;/h2-5,7,11-13H,6H2,1H3;3H2,1-2H3;1H. The highest BCUT2D eigenvalue weighted by Crippen LogP contribution is 2.18. The van der Waals surface area contributed by atoms with Crippen LogP contribution >= 0.6 is 11.9 Å². The number of rotatable bonds is 3. The van der Waals surface area contributed by atoms with E-state index in [1.54, 1.807) is 11.9 Å². The van der Waals surface area contributed by atoms with Gasteiger partial charge in [-0.3, -0.25) is 0 Å². The Hall–Kier alpha value is -0.970. The monoisotopic (exact) mass is 253 g/mol. The fourth-order valence-corrected chi connectivity index (χ4v) is 1.89. The summed E-state index contributed by atoms with van der Waals surface area (Å²) in [6.45, 7) is 5.17. The van der Waals surface area contributed by atoms with Gasteiger partial charge in [-0.25, -0.2) is 0 Å². The molecule has 0 saturated heterocycles. The van der Waals surface area contributed by atoms with Crippen molar-refractivity contribution in [3.63, 3.8) is 0 Å². The Morgan fingerprint density at radius 1 is 1.24 bits per heavy atom. The fourth-order valence-electron chi connectivity index (χ4n) is 1.35. The summed E-state index contributed by atoms with van der Waals surface area (Å²) >= 11 is 1.56. The third kappa shape index (κ3) is 4.81. The summed E-state index contributed by atoms with van der Waals surface area (Å²) in [4.78, 5) is 2.97. The second-order valence-electron chi connectivity index (χ2n) is 3.81. The molecule has 3 nitrogen and oxygen atoms in total. The van der Waals surface area contributed by atoms with Crippen LogP contribution in [0.15, 0.2) is 29.7 Å². The van der Waals surface area contributed by atoms with Crippen LogP contribution in [-0.2, 0) is 6.54 Å². The van der Waals surface area contributed by atoms with Crippen LogP contribution < -0.4 is 15.6 Å². The second-order valence-corrected chi connectivity index (χ2v) is 4.49. The van der Waals surface area contributed by atoms with E-state index in [1.807, 2.05) is 7.05 Å². The number of benzene rings is 1. The predicted molar refractivity (Wildman–Crippen MR) is 79.1 cm³/mol. The number of hydrogen-bond donors (Lipinski definition) is 3. The Labute approximate surface area is 110 Å². The molecule has 1 aromatic rings. The van der Waals surface area contributed by atoms with Crippen molar-refractivity contribution in [1.82, 2.24) is 15.6 Å². The van der Waals surface area contributed by atoms with Crippen molar-refractivity contribution in [2.75, 3.05) is 7.05 Å². The van der Waals surface area contributed by atoms with Gasteiger partial charge in [-0.15, -0.1) is 0 Å². The van der Waals surface area contributed by atoms with Crippen LogP contribution in [0.25, 0.3) is 5.70 Å². The molecule has 2 rings (SSSR count). The van der Waals surface area contributed by atoms with Crippen LogP contribution in [0.5, 0.6) is 0 Å². The molecular weight excluding hydrogens is 230 g/mol. The van der Waals surface area contributed by atoms with Crippen molar-refractivity contribution in [1.29, 1.82) is 0 Å². The molecule has 0 amide bonds. The highest BCUT2D eigenvalue weighted by Gasteiger charge is 2.05. The average molecular weight is 253 g/mol. The summed E-state index contributed by atoms with van der Waals surface area (Å²) < 4.78 is 0.